The van der Waals surface area contributed by atoms with E-state index in [9.17, 15) is 5.11 Å². The molecule has 1 nitrogen and oxygen atoms in total. The van der Waals surface area contributed by atoms with Crippen LogP contribution in [0, 0.1) is 0 Å². The lowest BCUT2D eigenvalue weighted by Gasteiger charge is -2.05. The van der Waals surface area contributed by atoms with Gasteiger partial charge in [-0.1, -0.05) is 41.9 Å². The first-order valence-electron chi connectivity index (χ1n) is 4.22. The molecule has 71 valence electrons. The highest BCUT2D eigenvalue weighted by Crippen LogP contribution is 2.29. The molecular weight excluding hydrogens is 216 g/mol. The van der Waals surface area contributed by atoms with E-state index in [-0.39, 0.29) is 0 Å². The summed E-state index contributed by atoms with van der Waals surface area (Å²) in [6, 6.07) is 11.0. The van der Waals surface area contributed by atoms with Crippen molar-refractivity contribution in [2.24, 2.45) is 0 Å². The molecule has 0 saturated carbocycles. The second kappa shape index (κ2) is 4.13. The Kier molecular flexibility index (Phi) is 2.87. The van der Waals surface area contributed by atoms with Crippen molar-refractivity contribution in [1.82, 2.24) is 0 Å². The highest BCUT2D eigenvalue weighted by Gasteiger charge is 2.13. The summed E-state index contributed by atoms with van der Waals surface area (Å²) in [6.07, 6.45) is -0.819. The fraction of sp³-hybridized carbons (Fsp3) is 0.0909. The lowest BCUT2D eigenvalue weighted by Crippen LogP contribution is -1.94. The Morgan fingerprint density at radius 3 is 2.43 bits per heavy atom. The van der Waals surface area contributed by atoms with Gasteiger partial charge in [0, 0.05) is 5.56 Å². The maximum absolute atomic E-state index is 11.9. The van der Waals surface area contributed by atoms with E-state index in [4.69, 9.17) is 11.6 Å². The van der Waals surface area contributed by atoms with Crippen molar-refractivity contribution in [3.8, 4) is 0 Å². The van der Waals surface area contributed by atoms with E-state index in [0.717, 1.165) is 11.1 Å². The molecule has 14 heavy (non-hydrogen) atoms. The van der Waals surface area contributed by atoms with Gasteiger partial charge in [0.1, 0.15) is 6.10 Å². The maximum Gasteiger partial charge on any atom is 0.144 e. The monoisotopic (exact) mass is 223 g/mol. The molecule has 0 amide bonds. The van der Waals surface area contributed by atoms with Crippen LogP contribution in [0.1, 0.15) is 17.2 Å². The molecule has 1 aromatic heterocycles. The molecule has 0 N–H and O–H groups in total. The average molecular weight is 224 g/mol. The molecule has 0 aliphatic rings. The van der Waals surface area contributed by atoms with Gasteiger partial charge in [0.05, 0.1) is 4.34 Å². The molecule has 2 aromatic rings. The van der Waals surface area contributed by atoms with Gasteiger partial charge in [-0.3, -0.25) is 0 Å². The minimum atomic E-state index is -0.819. The maximum atomic E-state index is 11.9. The van der Waals surface area contributed by atoms with Gasteiger partial charge in [-0.15, -0.1) is 11.3 Å². The standard InChI is InChI=1S/C11H8ClOS/c12-10-6-9(7-14-10)11(13)8-4-2-1-3-5-8/h1-7,11H. The van der Waals surface area contributed by atoms with Crippen molar-refractivity contribution in [2.45, 2.75) is 6.10 Å². The van der Waals surface area contributed by atoms with E-state index >= 15 is 0 Å². The van der Waals surface area contributed by atoms with Gasteiger partial charge >= 0.3 is 0 Å². The van der Waals surface area contributed by atoms with Crippen LogP contribution in [0.25, 0.3) is 0 Å². The minimum Gasteiger partial charge on any atom is -0.223 e. The Morgan fingerprint density at radius 2 is 1.86 bits per heavy atom. The summed E-state index contributed by atoms with van der Waals surface area (Å²) in [4.78, 5) is 0. The Labute approximate surface area is 91.6 Å². The molecule has 0 aliphatic carbocycles. The zero-order valence-electron chi connectivity index (χ0n) is 7.31. The molecular formula is C11H8ClOS. The summed E-state index contributed by atoms with van der Waals surface area (Å²) in [5.41, 5.74) is 1.52. The molecule has 1 atom stereocenters. The molecule has 1 heterocycles. The molecule has 1 unspecified atom stereocenters. The third-order valence-electron chi connectivity index (χ3n) is 1.99. The minimum absolute atomic E-state index is 0.664. The number of hydrogen-bond acceptors (Lipinski definition) is 1. The summed E-state index contributed by atoms with van der Waals surface area (Å²) in [6.45, 7) is 0. The summed E-state index contributed by atoms with van der Waals surface area (Å²) in [7, 11) is 0. The third kappa shape index (κ3) is 1.98. The molecule has 2 rings (SSSR count). The number of hydrogen-bond donors (Lipinski definition) is 0. The van der Waals surface area contributed by atoms with Crippen LogP contribution in [-0.2, 0) is 5.11 Å². The smallest absolute Gasteiger partial charge is 0.144 e. The molecule has 0 aliphatic heterocycles. The van der Waals surface area contributed by atoms with E-state index in [1.54, 1.807) is 6.07 Å². The van der Waals surface area contributed by atoms with E-state index in [1.165, 1.54) is 11.3 Å². The average Bonchev–Trinajstić information content (AvgIpc) is 2.65. The van der Waals surface area contributed by atoms with Crippen LogP contribution in [0.15, 0.2) is 41.8 Å². The first-order chi connectivity index (χ1) is 6.77. The zero-order valence-corrected chi connectivity index (χ0v) is 8.89. The van der Waals surface area contributed by atoms with Gasteiger partial charge in [0.2, 0.25) is 0 Å². The van der Waals surface area contributed by atoms with E-state index in [0.29, 0.717) is 4.34 Å². The van der Waals surface area contributed by atoms with Crippen LogP contribution < -0.4 is 0 Å². The van der Waals surface area contributed by atoms with Gasteiger partial charge in [0.25, 0.3) is 0 Å². The van der Waals surface area contributed by atoms with Gasteiger partial charge in [-0.2, -0.15) is 0 Å². The van der Waals surface area contributed by atoms with Crippen LogP contribution in [0.3, 0.4) is 0 Å². The molecule has 0 fully saturated rings. The normalized spacial score (nSPS) is 12.7. The molecule has 1 radical (unpaired) electrons. The van der Waals surface area contributed by atoms with Crippen LogP contribution in [0.5, 0.6) is 0 Å². The number of rotatable bonds is 2. The number of thiophene rings is 1. The lowest BCUT2D eigenvalue weighted by molar-refractivity contribution is 0.125. The van der Waals surface area contributed by atoms with Crippen molar-refractivity contribution < 1.29 is 5.11 Å². The SMILES string of the molecule is [O]C(c1ccccc1)c1csc(Cl)c1. The predicted octanol–water partition coefficient (Wildman–Crippen LogP) is 3.92. The quantitative estimate of drug-likeness (QED) is 0.736. The van der Waals surface area contributed by atoms with Gasteiger partial charge in [-0.25, -0.2) is 5.11 Å². The fourth-order valence-corrected chi connectivity index (χ4v) is 2.19. The van der Waals surface area contributed by atoms with E-state index < -0.39 is 6.10 Å². The second-order valence-electron chi connectivity index (χ2n) is 2.97. The molecule has 0 bridgehead atoms. The van der Waals surface area contributed by atoms with Crippen molar-refractivity contribution in [3.05, 3.63) is 57.2 Å². The summed E-state index contributed by atoms with van der Waals surface area (Å²) < 4.78 is 0.664. The van der Waals surface area contributed by atoms with Crippen molar-refractivity contribution in [1.29, 1.82) is 0 Å². The third-order valence-corrected chi connectivity index (χ3v) is 3.10. The lowest BCUT2D eigenvalue weighted by atomic mass is 10.1. The topological polar surface area (TPSA) is 19.9 Å². The highest BCUT2D eigenvalue weighted by atomic mass is 35.5. The molecule has 3 heteroatoms. The summed E-state index contributed by atoms with van der Waals surface area (Å²) >= 11 is 7.16. The Balaban J connectivity index is 2.29. The van der Waals surface area contributed by atoms with E-state index in [2.05, 4.69) is 0 Å². The first-order valence-corrected chi connectivity index (χ1v) is 5.48. The van der Waals surface area contributed by atoms with Crippen LogP contribution in [0.2, 0.25) is 4.34 Å². The molecule has 1 aromatic carbocycles. The zero-order chi connectivity index (χ0) is 9.97. The fourth-order valence-electron chi connectivity index (χ4n) is 1.28. The highest BCUT2D eigenvalue weighted by molar-refractivity contribution is 7.14. The molecule has 0 saturated heterocycles. The van der Waals surface area contributed by atoms with Crippen molar-refractivity contribution >= 4 is 22.9 Å². The first kappa shape index (κ1) is 9.71. The summed E-state index contributed by atoms with van der Waals surface area (Å²) in [5.74, 6) is 0. The second-order valence-corrected chi connectivity index (χ2v) is 4.52. The van der Waals surface area contributed by atoms with Gasteiger partial charge in [-0.05, 0) is 17.0 Å². The van der Waals surface area contributed by atoms with Crippen LogP contribution in [0.4, 0.5) is 0 Å². The van der Waals surface area contributed by atoms with Crippen LogP contribution >= 0.6 is 22.9 Å². The number of halogens is 1. The van der Waals surface area contributed by atoms with Gasteiger partial charge in [0.15, 0.2) is 0 Å². The Hall–Kier alpha value is -0.830. The van der Waals surface area contributed by atoms with Crippen molar-refractivity contribution in [3.63, 3.8) is 0 Å². The molecule has 0 spiro atoms. The number of benzene rings is 1. The Bertz CT molecular complexity index is 410. The van der Waals surface area contributed by atoms with Gasteiger partial charge < -0.3 is 0 Å². The predicted molar refractivity (Wildman–Crippen MR) is 58.3 cm³/mol. The van der Waals surface area contributed by atoms with E-state index in [1.807, 2.05) is 35.7 Å². The summed E-state index contributed by atoms with van der Waals surface area (Å²) in [5, 5.41) is 13.7. The van der Waals surface area contributed by atoms with Crippen molar-refractivity contribution in [2.75, 3.05) is 0 Å². The Morgan fingerprint density at radius 1 is 1.14 bits per heavy atom. The largest absolute Gasteiger partial charge is 0.223 e. The van der Waals surface area contributed by atoms with Crippen LogP contribution in [-0.4, -0.2) is 0 Å².